The Kier molecular flexibility index (Phi) is 3.27. The highest BCUT2D eigenvalue weighted by atomic mass is 79.9. The molecule has 17 heavy (non-hydrogen) atoms. The van der Waals surface area contributed by atoms with Gasteiger partial charge in [0.05, 0.1) is 5.54 Å². The number of halogens is 1. The number of hydrogen-bond acceptors (Lipinski definition) is 2. The van der Waals surface area contributed by atoms with E-state index in [0.717, 1.165) is 16.7 Å². The van der Waals surface area contributed by atoms with Crippen LogP contribution in [0.1, 0.15) is 20.8 Å². The molecule has 1 aromatic carbocycles. The van der Waals surface area contributed by atoms with E-state index in [1.54, 1.807) is 0 Å². The Morgan fingerprint density at radius 1 is 1.35 bits per heavy atom. The van der Waals surface area contributed by atoms with Gasteiger partial charge < -0.3 is 10.2 Å². The average Bonchev–Trinajstić information content (AvgIpc) is 2.28. The molecule has 1 aromatic rings. The Morgan fingerprint density at radius 3 is 2.53 bits per heavy atom. The molecular weight excluding hydrogens is 280 g/mol. The van der Waals surface area contributed by atoms with E-state index < -0.39 is 5.54 Å². The maximum Gasteiger partial charge on any atom is 0.247 e. The lowest BCUT2D eigenvalue weighted by molar-refractivity contribution is -0.125. The molecule has 1 saturated heterocycles. The molecule has 92 valence electrons. The van der Waals surface area contributed by atoms with Crippen LogP contribution >= 0.6 is 15.9 Å². The molecule has 1 heterocycles. The van der Waals surface area contributed by atoms with E-state index in [-0.39, 0.29) is 11.9 Å². The van der Waals surface area contributed by atoms with Gasteiger partial charge in [-0.1, -0.05) is 15.9 Å². The number of rotatable bonds is 1. The summed E-state index contributed by atoms with van der Waals surface area (Å²) in [6, 6.07) is 8.05. The summed E-state index contributed by atoms with van der Waals surface area (Å²) in [6.45, 7) is 6.72. The molecule has 1 N–H and O–H groups in total. The van der Waals surface area contributed by atoms with E-state index in [0.29, 0.717) is 0 Å². The van der Waals surface area contributed by atoms with E-state index in [1.807, 2.05) is 43.0 Å². The van der Waals surface area contributed by atoms with Crippen LogP contribution in [-0.2, 0) is 4.79 Å². The van der Waals surface area contributed by atoms with Gasteiger partial charge in [0.15, 0.2) is 0 Å². The van der Waals surface area contributed by atoms with Gasteiger partial charge in [0.1, 0.15) is 0 Å². The van der Waals surface area contributed by atoms with Crippen LogP contribution in [0.15, 0.2) is 28.7 Å². The summed E-state index contributed by atoms with van der Waals surface area (Å²) in [6.07, 6.45) is 0. The molecular formula is C13H17BrN2O. The van der Waals surface area contributed by atoms with Crippen LogP contribution in [0.3, 0.4) is 0 Å². The highest BCUT2D eigenvalue weighted by Crippen LogP contribution is 2.25. The number of piperazine rings is 1. The number of benzene rings is 1. The van der Waals surface area contributed by atoms with E-state index in [9.17, 15) is 4.79 Å². The van der Waals surface area contributed by atoms with Crippen molar-refractivity contribution in [3.05, 3.63) is 28.7 Å². The van der Waals surface area contributed by atoms with Gasteiger partial charge in [0.25, 0.3) is 0 Å². The molecule has 0 spiro atoms. The van der Waals surface area contributed by atoms with Crippen molar-refractivity contribution in [1.29, 1.82) is 0 Å². The van der Waals surface area contributed by atoms with Gasteiger partial charge in [-0.15, -0.1) is 0 Å². The molecule has 1 unspecified atom stereocenters. The normalized spacial score (nSPS) is 23.9. The predicted molar refractivity (Wildman–Crippen MR) is 73.2 cm³/mol. The average molecular weight is 297 g/mol. The predicted octanol–water partition coefficient (Wildman–Crippen LogP) is 2.55. The number of carbonyl (C=O) groups is 1. The van der Waals surface area contributed by atoms with Crippen LogP contribution in [0.25, 0.3) is 0 Å². The Morgan fingerprint density at radius 2 is 1.94 bits per heavy atom. The van der Waals surface area contributed by atoms with Gasteiger partial charge in [-0.3, -0.25) is 4.79 Å². The van der Waals surface area contributed by atoms with Crippen molar-refractivity contribution in [1.82, 2.24) is 5.32 Å². The molecule has 1 aliphatic rings. The summed E-state index contributed by atoms with van der Waals surface area (Å²) in [5, 5.41) is 3.27. The first-order valence-corrected chi connectivity index (χ1v) is 6.55. The number of carbonyl (C=O) groups excluding carboxylic acids is 1. The van der Waals surface area contributed by atoms with Crippen molar-refractivity contribution < 1.29 is 4.79 Å². The quantitative estimate of drug-likeness (QED) is 0.864. The second kappa shape index (κ2) is 4.42. The van der Waals surface area contributed by atoms with Gasteiger partial charge >= 0.3 is 0 Å². The molecule has 0 bridgehead atoms. The largest absolute Gasteiger partial charge is 0.307 e. The maximum absolute atomic E-state index is 12.4. The van der Waals surface area contributed by atoms with Gasteiger partial charge in [0.2, 0.25) is 5.91 Å². The monoisotopic (exact) mass is 296 g/mol. The topological polar surface area (TPSA) is 32.3 Å². The van der Waals surface area contributed by atoms with Crippen LogP contribution in [0, 0.1) is 0 Å². The van der Waals surface area contributed by atoms with Crippen molar-refractivity contribution >= 4 is 27.5 Å². The summed E-state index contributed by atoms with van der Waals surface area (Å²) < 4.78 is 1.02. The van der Waals surface area contributed by atoms with Crippen LogP contribution in [0.2, 0.25) is 0 Å². The van der Waals surface area contributed by atoms with Crippen molar-refractivity contribution in [2.45, 2.75) is 32.4 Å². The van der Waals surface area contributed by atoms with Gasteiger partial charge in [-0.05, 0) is 45.0 Å². The molecule has 4 heteroatoms. The van der Waals surface area contributed by atoms with Gasteiger partial charge in [0, 0.05) is 22.7 Å². The minimum atomic E-state index is -0.487. The molecule has 1 atom stereocenters. The molecule has 0 radical (unpaired) electrons. The van der Waals surface area contributed by atoms with Crippen molar-refractivity contribution in [3.63, 3.8) is 0 Å². The lowest BCUT2D eigenvalue weighted by Crippen LogP contribution is -2.64. The summed E-state index contributed by atoms with van der Waals surface area (Å²) in [4.78, 5) is 14.3. The Bertz CT molecular complexity index is 428. The zero-order chi connectivity index (χ0) is 12.6. The van der Waals surface area contributed by atoms with E-state index in [2.05, 4.69) is 28.2 Å². The lowest BCUT2D eigenvalue weighted by atomic mass is 9.97. The third-order valence-corrected chi connectivity index (χ3v) is 3.67. The van der Waals surface area contributed by atoms with Crippen LogP contribution in [0.4, 0.5) is 5.69 Å². The molecule has 3 nitrogen and oxygen atoms in total. The fourth-order valence-corrected chi connectivity index (χ4v) is 2.31. The van der Waals surface area contributed by atoms with Crippen LogP contribution < -0.4 is 10.2 Å². The number of nitrogens with one attached hydrogen (secondary N) is 1. The summed E-state index contributed by atoms with van der Waals surface area (Å²) >= 11 is 3.41. The first-order valence-electron chi connectivity index (χ1n) is 5.76. The molecule has 2 rings (SSSR count). The molecule has 0 aliphatic carbocycles. The SMILES string of the molecule is CC1CNC(C)(C)C(=O)N1c1ccc(Br)cc1. The molecule has 0 saturated carbocycles. The van der Waals surface area contributed by atoms with Crippen LogP contribution in [0.5, 0.6) is 0 Å². The Balaban J connectivity index is 2.35. The molecule has 1 aliphatic heterocycles. The Hall–Kier alpha value is -0.870. The minimum Gasteiger partial charge on any atom is -0.307 e. The number of hydrogen-bond donors (Lipinski definition) is 1. The summed E-state index contributed by atoms with van der Waals surface area (Å²) in [5.74, 6) is 0.124. The van der Waals surface area contributed by atoms with Crippen molar-refractivity contribution in [3.8, 4) is 0 Å². The van der Waals surface area contributed by atoms with Gasteiger partial charge in [-0.25, -0.2) is 0 Å². The lowest BCUT2D eigenvalue weighted by Gasteiger charge is -2.42. The van der Waals surface area contributed by atoms with Crippen LogP contribution in [-0.4, -0.2) is 24.0 Å². The highest BCUT2D eigenvalue weighted by Gasteiger charge is 2.39. The second-order valence-corrected chi connectivity index (χ2v) is 5.92. The molecule has 1 amide bonds. The first kappa shape index (κ1) is 12.6. The van der Waals surface area contributed by atoms with E-state index in [1.165, 1.54) is 0 Å². The zero-order valence-corrected chi connectivity index (χ0v) is 11.9. The molecule has 1 fully saturated rings. The third-order valence-electron chi connectivity index (χ3n) is 3.14. The minimum absolute atomic E-state index is 0.124. The van der Waals surface area contributed by atoms with Crippen molar-refractivity contribution in [2.24, 2.45) is 0 Å². The standard InChI is InChI=1S/C13H17BrN2O/c1-9-8-15-13(2,3)12(17)16(9)11-6-4-10(14)5-7-11/h4-7,9,15H,8H2,1-3H3. The van der Waals surface area contributed by atoms with Crippen molar-refractivity contribution in [2.75, 3.05) is 11.4 Å². The smallest absolute Gasteiger partial charge is 0.247 e. The third kappa shape index (κ3) is 2.38. The van der Waals surface area contributed by atoms with E-state index in [4.69, 9.17) is 0 Å². The van der Waals surface area contributed by atoms with E-state index >= 15 is 0 Å². The number of anilines is 1. The first-order chi connectivity index (χ1) is 7.92. The number of amides is 1. The summed E-state index contributed by atoms with van der Waals surface area (Å²) in [5.41, 5.74) is 0.472. The fraction of sp³-hybridized carbons (Fsp3) is 0.462. The number of nitrogens with zero attached hydrogens (tertiary/aromatic N) is 1. The highest BCUT2D eigenvalue weighted by molar-refractivity contribution is 9.10. The van der Waals surface area contributed by atoms with Gasteiger partial charge in [-0.2, -0.15) is 0 Å². The fourth-order valence-electron chi connectivity index (χ4n) is 2.04. The summed E-state index contributed by atoms with van der Waals surface area (Å²) in [7, 11) is 0. The second-order valence-electron chi connectivity index (χ2n) is 5.01. The Labute approximate surface area is 110 Å². The zero-order valence-electron chi connectivity index (χ0n) is 10.3. The maximum atomic E-state index is 12.4. The molecule has 0 aromatic heterocycles.